The minimum Gasteiger partial charge on any atom is -0.481 e. The van der Waals surface area contributed by atoms with Crippen molar-refractivity contribution in [2.75, 3.05) is 18.1 Å². The third-order valence-electron chi connectivity index (χ3n) is 3.36. The first-order chi connectivity index (χ1) is 9.41. The monoisotopic (exact) mass is 317 g/mol. The van der Waals surface area contributed by atoms with E-state index in [4.69, 9.17) is 16.7 Å². The molecule has 2 heterocycles. The summed E-state index contributed by atoms with van der Waals surface area (Å²) in [5.74, 6) is 0.233. The number of hydrogen-bond acceptors (Lipinski definition) is 4. The summed E-state index contributed by atoms with van der Waals surface area (Å²) in [4.78, 5) is 25.0. The molecule has 6 nitrogen and oxygen atoms in total. The maximum absolute atomic E-state index is 12.5. The molecule has 0 aromatic carbocycles. The van der Waals surface area contributed by atoms with Crippen molar-refractivity contribution in [3.05, 3.63) is 16.4 Å². The van der Waals surface area contributed by atoms with E-state index in [1.807, 2.05) is 0 Å². The molecule has 1 unspecified atom stereocenters. The number of carbonyl (C=O) groups excluding carboxylic acids is 1. The van der Waals surface area contributed by atoms with Gasteiger partial charge in [0.25, 0.3) is 5.91 Å². The molecular weight excluding hydrogens is 302 g/mol. The Morgan fingerprint density at radius 2 is 2.25 bits per heavy atom. The summed E-state index contributed by atoms with van der Waals surface area (Å²) in [7, 11) is 1.72. The van der Waals surface area contributed by atoms with Crippen molar-refractivity contribution < 1.29 is 14.7 Å². The van der Waals surface area contributed by atoms with Gasteiger partial charge in [-0.05, 0) is 6.92 Å². The average molecular weight is 318 g/mol. The molecule has 110 valence electrons. The third kappa shape index (κ3) is 2.93. The van der Waals surface area contributed by atoms with Crippen LogP contribution in [0.15, 0.2) is 0 Å². The molecule has 20 heavy (non-hydrogen) atoms. The molecule has 1 N–H and O–H groups in total. The number of aryl methyl sites for hydroxylation is 1. The van der Waals surface area contributed by atoms with E-state index in [9.17, 15) is 9.59 Å². The van der Waals surface area contributed by atoms with Gasteiger partial charge in [0.1, 0.15) is 0 Å². The average Bonchev–Trinajstić information content (AvgIpc) is 2.66. The summed E-state index contributed by atoms with van der Waals surface area (Å²) < 4.78 is 1.56. The van der Waals surface area contributed by atoms with Crippen LogP contribution in [0.25, 0.3) is 0 Å². The summed E-state index contributed by atoms with van der Waals surface area (Å²) in [5.41, 5.74) is 0.921. The zero-order valence-corrected chi connectivity index (χ0v) is 12.9. The largest absolute Gasteiger partial charge is 0.481 e. The van der Waals surface area contributed by atoms with E-state index in [0.717, 1.165) is 11.4 Å². The topological polar surface area (TPSA) is 75.4 Å². The number of carboxylic acid groups (broad SMARTS) is 1. The number of aliphatic carboxylic acids is 1. The summed E-state index contributed by atoms with van der Waals surface area (Å²) in [5, 5.41) is 13.4. The molecule has 1 atom stereocenters. The van der Waals surface area contributed by atoms with Gasteiger partial charge in [-0.15, -0.1) is 0 Å². The lowest BCUT2D eigenvalue weighted by molar-refractivity contribution is -0.138. The molecule has 1 saturated heterocycles. The fourth-order valence-corrected chi connectivity index (χ4v) is 3.45. The Kier molecular flexibility index (Phi) is 4.59. The number of rotatable bonds is 3. The first-order valence-corrected chi connectivity index (χ1v) is 7.74. The van der Waals surface area contributed by atoms with E-state index < -0.39 is 5.97 Å². The number of hydrogen-bond donors (Lipinski definition) is 1. The van der Waals surface area contributed by atoms with Gasteiger partial charge < -0.3 is 10.0 Å². The fourth-order valence-electron chi connectivity index (χ4n) is 2.15. The predicted molar refractivity (Wildman–Crippen MR) is 77.4 cm³/mol. The summed E-state index contributed by atoms with van der Waals surface area (Å²) >= 11 is 7.79. The second-order valence-corrected chi connectivity index (χ2v) is 6.22. The van der Waals surface area contributed by atoms with Gasteiger partial charge in [-0.2, -0.15) is 16.9 Å². The van der Waals surface area contributed by atoms with E-state index in [0.29, 0.717) is 17.3 Å². The van der Waals surface area contributed by atoms with Gasteiger partial charge in [0.05, 0.1) is 23.2 Å². The number of carbonyl (C=O) groups is 2. The van der Waals surface area contributed by atoms with Gasteiger partial charge in [0, 0.05) is 25.1 Å². The van der Waals surface area contributed by atoms with Crippen LogP contribution in [0.2, 0.25) is 5.02 Å². The first-order valence-electron chi connectivity index (χ1n) is 6.21. The zero-order chi connectivity index (χ0) is 14.9. The normalized spacial score (nSPS) is 19.1. The Hall–Kier alpha value is -1.21. The summed E-state index contributed by atoms with van der Waals surface area (Å²) in [6.45, 7) is 2.31. The van der Waals surface area contributed by atoms with Crippen molar-refractivity contribution in [1.29, 1.82) is 0 Å². The number of amides is 1. The van der Waals surface area contributed by atoms with Gasteiger partial charge in [-0.25, -0.2) is 0 Å². The molecule has 1 aliphatic heterocycles. The number of nitrogens with zero attached hydrogens (tertiary/aromatic N) is 3. The molecular formula is C12H16ClN3O3S. The van der Waals surface area contributed by atoms with Crippen LogP contribution in [0.1, 0.15) is 22.6 Å². The van der Waals surface area contributed by atoms with Crippen LogP contribution in [0.3, 0.4) is 0 Å². The highest BCUT2D eigenvalue weighted by Crippen LogP contribution is 2.25. The SMILES string of the molecule is Cc1c(Cl)c(C(=O)N2CCSCC2CC(=O)O)nn1C. The second-order valence-electron chi connectivity index (χ2n) is 4.70. The van der Waals surface area contributed by atoms with Crippen molar-refractivity contribution in [2.24, 2.45) is 7.05 Å². The van der Waals surface area contributed by atoms with Crippen molar-refractivity contribution in [3.63, 3.8) is 0 Å². The van der Waals surface area contributed by atoms with Crippen molar-refractivity contribution in [1.82, 2.24) is 14.7 Å². The lowest BCUT2D eigenvalue weighted by Crippen LogP contribution is -2.47. The maximum Gasteiger partial charge on any atom is 0.305 e. The van der Waals surface area contributed by atoms with Crippen LogP contribution in [0.4, 0.5) is 0 Å². The summed E-state index contributed by atoms with van der Waals surface area (Å²) in [6, 6.07) is -0.308. The van der Waals surface area contributed by atoms with Crippen LogP contribution in [0.5, 0.6) is 0 Å². The smallest absolute Gasteiger partial charge is 0.305 e. The van der Waals surface area contributed by atoms with Crippen LogP contribution in [-0.2, 0) is 11.8 Å². The van der Waals surface area contributed by atoms with E-state index in [-0.39, 0.29) is 24.1 Å². The van der Waals surface area contributed by atoms with Crippen molar-refractivity contribution in [2.45, 2.75) is 19.4 Å². The summed E-state index contributed by atoms with van der Waals surface area (Å²) in [6.07, 6.45) is -0.0534. The highest BCUT2D eigenvalue weighted by atomic mass is 35.5. The Bertz CT molecular complexity index is 546. The van der Waals surface area contributed by atoms with E-state index in [2.05, 4.69) is 5.10 Å². The van der Waals surface area contributed by atoms with Gasteiger partial charge in [-0.3, -0.25) is 14.3 Å². The minimum absolute atomic E-state index is 0.0534. The maximum atomic E-state index is 12.5. The van der Waals surface area contributed by atoms with E-state index in [1.54, 1.807) is 35.3 Å². The lowest BCUT2D eigenvalue weighted by Gasteiger charge is -2.34. The van der Waals surface area contributed by atoms with E-state index >= 15 is 0 Å². The predicted octanol–water partition coefficient (Wildman–Crippen LogP) is 1.41. The standard InChI is InChI=1S/C12H16ClN3O3S/c1-7-10(13)11(14-15(7)2)12(19)16-3-4-20-6-8(16)5-9(17)18/h8H,3-6H2,1-2H3,(H,17,18). The Balaban J connectivity index is 2.25. The number of aromatic nitrogens is 2. The number of carboxylic acids is 1. The van der Waals surface area contributed by atoms with Crippen LogP contribution < -0.4 is 0 Å². The first kappa shape index (κ1) is 15.2. The zero-order valence-electron chi connectivity index (χ0n) is 11.3. The quantitative estimate of drug-likeness (QED) is 0.912. The molecule has 1 fully saturated rings. The molecule has 2 rings (SSSR count). The Labute approximate surface area is 126 Å². The van der Waals surface area contributed by atoms with Crippen molar-refractivity contribution in [3.8, 4) is 0 Å². The number of halogens is 1. The van der Waals surface area contributed by atoms with Crippen molar-refractivity contribution >= 4 is 35.2 Å². The molecule has 0 bridgehead atoms. The lowest BCUT2D eigenvalue weighted by atomic mass is 10.1. The molecule has 0 aliphatic carbocycles. The van der Waals surface area contributed by atoms with Crippen LogP contribution >= 0.6 is 23.4 Å². The van der Waals surface area contributed by atoms with E-state index in [1.165, 1.54) is 0 Å². The molecule has 0 radical (unpaired) electrons. The van der Waals surface area contributed by atoms with Gasteiger partial charge in [0.15, 0.2) is 5.69 Å². The van der Waals surface area contributed by atoms with Crippen LogP contribution in [-0.4, -0.2) is 55.8 Å². The molecule has 0 spiro atoms. The second kappa shape index (κ2) is 6.05. The highest BCUT2D eigenvalue weighted by Gasteiger charge is 2.32. The third-order valence-corrected chi connectivity index (χ3v) is 4.91. The molecule has 1 aromatic heterocycles. The van der Waals surface area contributed by atoms with Gasteiger partial charge in [0.2, 0.25) is 0 Å². The Morgan fingerprint density at radius 1 is 1.55 bits per heavy atom. The Morgan fingerprint density at radius 3 is 2.80 bits per heavy atom. The molecule has 0 saturated carbocycles. The van der Waals surface area contributed by atoms with Crippen LogP contribution in [0, 0.1) is 6.92 Å². The molecule has 1 aliphatic rings. The molecule has 1 aromatic rings. The van der Waals surface area contributed by atoms with Gasteiger partial charge >= 0.3 is 5.97 Å². The molecule has 8 heteroatoms. The fraction of sp³-hybridized carbons (Fsp3) is 0.583. The molecule has 1 amide bonds. The number of thioether (sulfide) groups is 1. The highest BCUT2D eigenvalue weighted by molar-refractivity contribution is 7.99. The minimum atomic E-state index is -0.904. The van der Waals surface area contributed by atoms with Gasteiger partial charge in [-0.1, -0.05) is 11.6 Å².